The van der Waals surface area contributed by atoms with Crippen LogP contribution in [-0.4, -0.2) is 45.9 Å². The summed E-state index contributed by atoms with van der Waals surface area (Å²) in [6.45, 7) is 4.82. The topological polar surface area (TPSA) is 84.9 Å². The fraction of sp³-hybridized carbons (Fsp3) is 0.480. The number of amides is 1. The van der Waals surface area contributed by atoms with E-state index in [2.05, 4.69) is 19.2 Å². The zero-order valence-corrected chi connectivity index (χ0v) is 20.6. The summed E-state index contributed by atoms with van der Waals surface area (Å²) in [6.07, 6.45) is 2.10. The molecular weight excluding hydrogens is 440 g/mol. The van der Waals surface area contributed by atoms with Crippen molar-refractivity contribution < 1.29 is 22.7 Å². The molecule has 1 N–H and O–H groups in total. The third-order valence-electron chi connectivity index (χ3n) is 5.99. The van der Waals surface area contributed by atoms with Crippen LogP contribution in [0, 0.1) is 11.8 Å². The first-order chi connectivity index (χ1) is 15.7. The van der Waals surface area contributed by atoms with Crippen molar-refractivity contribution in [2.45, 2.75) is 44.0 Å². The molecule has 33 heavy (non-hydrogen) atoms. The second-order valence-corrected chi connectivity index (χ2v) is 10.8. The number of nitrogens with one attached hydrogen (secondary N) is 1. The van der Waals surface area contributed by atoms with Gasteiger partial charge in [0.1, 0.15) is 11.5 Å². The van der Waals surface area contributed by atoms with E-state index in [4.69, 9.17) is 9.47 Å². The number of sulfonamides is 1. The lowest BCUT2D eigenvalue weighted by atomic mass is 9.94. The van der Waals surface area contributed by atoms with Gasteiger partial charge in [0.2, 0.25) is 15.9 Å². The Morgan fingerprint density at radius 1 is 1.03 bits per heavy atom. The molecule has 8 heteroatoms. The molecule has 0 aliphatic carbocycles. The van der Waals surface area contributed by atoms with Gasteiger partial charge in [0.05, 0.1) is 31.1 Å². The summed E-state index contributed by atoms with van der Waals surface area (Å²) in [7, 11) is -0.517. The highest BCUT2D eigenvalue weighted by atomic mass is 32.2. The van der Waals surface area contributed by atoms with E-state index in [0.717, 1.165) is 17.7 Å². The summed E-state index contributed by atoms with van der Waals surface area (Å²) in [5.41, 5.74) is 1.01. The second-order valence-electron chi connectivity index (χ2n) is 8.84. The molecule has 1 aliphatic heterocycles. The van der Waals surface area contributed by atoms with Crippen LogP contribution >= 0.6 is 0 Å². The van der Waals surface area contributed by atoms with Crippen molar-refractivity contribution in [3.63, 3.8) is 0 Å². The van der Waals surface area contributed by atoms with Gasteiger partial charge < -0.3 is 14.8 Å². The lowest BCUT2D eigenvalue weighted by Gasteiger charge is -2.32. The third-order valence-corrected chi connectivity index (χ3v) is 7.87. The van der Waals surface area contributed by atoms with E-state index in [1.54, 1.807) is 31.4 Å². The number of carbonyl (C=O) groups is 1. The Morgan fingerprint density at radius 3 is 2.15 bits per heavy atom. The van der Waals surface area contributed by atoms with Crippen LogP contribution in [0.25, 0.3) is 0 Å². The standard InChI is InChI=1S/C25H34N2O5S/c1-18(2)16-24(19-7-9-21(31-3)10-8-19)26-25(28)20-6-5-15-27(17-20)33(29,30)23-13-11-22(32-4)12-14-23/h7-14,18,20,24H,5-6,15-17H2,1-4H3,(H,26,28)/t20-,24-/m0/s1. The number of benzene rings is 2. The maximum Gasteiger partial charge on any atom is 0.243 e. The lowest BCUT2D eigenvalue weighted by Crippen LogP contribution is -2.46. The average molecular weight is 475 g/mol. The molecule has 2 atom stereocenters. The number of carbonyl (C=O) groups excluding carboxylic acids is 1. The number of nitrogens with zero attached hydrogens (tertiary/aromatic N) is 1. The van der Waals surface area contributed by atoms with Crippen molar-refractivity contribution >= 4 is 15.9 Å². The number of piperidine rings is 1. The second kappa shape index (κ2) is 11.0. The van der Waals surface area contributed by atoms with Gasteiger partial charge in [-0.1, -0.05) is 26.0 Å². The molecule has 3 rings (SSSR count). The summed E-state index contributed by atoms with van der Waals surface area (Å²) >= 11 is 0. The van der Waals surface area contributed by atoms with Gasteiger partial charge >= 0.3 is 0 Å². The van der Waals surface area contributed by atoms with Crippen LogP contribution in [0.15, 0.2) is 53.4 Å². The third kappa shape index (κ3) is 6.26. The van der Waals surface area contributed by atoms with Crippen LogP contribution in [0.2, 0.25) is 0 Å². The fourth-order valence-corrected chi connectivity index (χ4v) is 5.67. The molecule has 1 saturated heterocycles. The van der Waals surface area contributed by atoms with Gasteiger partial charge in [0.15, 0.2) is 0 Å². The van der Waals surface area contributed by atoms with Crippen molar-refractivity contribution in [2.24, 2.45) is 11.8 Å². The van der Waals surface area contributed by atoms with E-state index in [1.807, 2.05) is 24.3 Å². The lowest BCUT2D eigenvalue weighted by molar-refractivity contribution is -0.127. The van der Waals surface area contributed by atoms with Crippen molar-refractivity contribution in [2.75, 3.05) is 27.3 Å². The van der Waals surface area contributed by atoms with Crippen LogP contribution in [0.4, 0.5) is 0 Å². The Balaban J connectivity index is 1.72. The van der Waals surface area contributed by atoms with E-state index in [-0.39, 0.29) is 29.3 Å². The van der Waals surface area contributed by atoms with Crippen molar-refractivity contribution in [1.29, 1.82) is 0 Å². The summed E-state index contributed by atoms with van der Waals surface area (Å²) in [6, 6.07) is 13.9. The Hall–Kier alpha value is -2.58. The quantitative estimate of drug-likeness (QED) is 0.594. The Morgan fingerprint density at radius 2 is 1.61 bits per heavy atom. The van der Waals surface area contributed by atoms with Gasteiger partial charge in [-0.2, -0.15) is 4.31 Å². The average Bonchev–Trinajstić information content (AvgIpc) is 2.83. The first kappa shape index (κ1) is 25.1. The highest BCUT2D eigenvalue weighted by Crippen LogP contribution is 2.28. The van der Waals surface area contributed by atoms with Crippen LogP contribution in [0.3, 0.4) is 0 Å². The van der Waals surface area contributed by atoms with E-state index in [1.165, 1.54) is 11.4 Å². The molecule has 1 amide bonds. The van der Waals surface area contributed by atoms with E-state index in [0.29, 0.717) is 31.1 Å². The highest BCUT2D eigenvalue weighted by Gasteiger charge is 2.34. The molecule has 0 radical (unpaired) electrons. The van der Waals surface area contributed by atoms with Gasteiger partial charge in [0.25, 0.3) is 0 Å². The van der Waals surface area contributed by atoms with Crippen LogP contribution in [-0.2, 0) is 14.8 Å². The fourth-order valence-electron chi connectivity index (χ4n) is 4.15. The zero-order chi connectivity index (χ0) is 24.0. The molecule has 1 heterocycles. The SMILES string of the molecule is COc1ccc([C@H](CC(C)C)NC(=O)[C@H]2CCCN(S(=O)(=O)c3ccc(OC)cc3)C2)cc1. The molecule has 0 unspecified atom stereocenters. The van der Waals surface area contributed by atoms with E-state index >= 15 is 0 Å². The molecule has 180 valence electrons. The Kier molecular flexibility index (Phi) is 8.37. The minimum absolute atomic E-state index is 0.105. The summed E-state index contributed by atoms with van der Waals surface area (Å²) in [5, 5.41) is 3.18. The molecule has 2 aromatic carbocycles. The molecule has 0 aromatic heterocycles. The predicted molar refractivity (Wildman–Crippen MR) is 128 cm³/mol. The first-order valence-electron chi connectivity index (χ1n) is 11.3. The number of rotatable bonds is 9. The van der Waals surface area contributed by atoms with E-state index < -0.39 is 10.0 Å². The van der Waals surface area contributed by atoms with Crippen LogP contribution < -0.4 is 14.8 Å². The van der Waals surface area contributed by atoms with Crippen LogP contribution in [0.5, 0.6) is 11.5 Å². The molecule has 0 bridgehead atoms. The van der Waals surface area contributed by atoms with Gasteiger partial charge in [0, 0.05) is 13.1 Å². The van der Waals surface area contributed by atoms with Crippen molar-refractivity contribution in [3.8, 4) is 11.5 Å². The van der Waals surface area contributed by atoms with Gasteiger partial charge in [-0.3, -0.25) is 4.79 Å². The molecule has 1 aliphatic rings. The summed E-state index contributed by atoms with van der Waals surface area (Å²) < 4.78 is 38.1. The minimum Gasteiger partial charge on any atom is -0.497 e. The first-order valence-corrected chi connectivity index (χ1v) is 12.8. The maximum atomic E-state index is 13.2. The molecule has 0 saturated carbocycles. The molecular formula is C25H34N2O5S. The predicted octanol–water partition coefficient (Wildman–Crippen LogP) is 4.01. The molecule has 0 spiro atoms. The molecule has 7 nitrogen and oxygen atoms in total. The molecule has 2 aromatic rings. The van der Waals surface area contributed by atoms with Crippen molar-refractivity contribution in [3.05, 3.63) is 54.1 Å². The van der Waals surface area contributed by atoms with Crippen molar-refractivity contribution in [1.82, 2.24) is 9.62 Å². The molecule has 1 fully saturated rings. The summed E-state index contributed by atoms with van der Waals surface area (Å²) in [4.78, 5) is 13.4. The maximum absolute atomic E-state index is 13.2. The Labute approximate surface area is 197 Å². The number of ether oxygens (including phenoxy) is 2. The summed E-state index contributed by atoms with van der Waals surface area (Å²) in [5.74, 6) is 1.25. The number of methoxy groups -OCH3 is 2. The smallest absolute Gasteiger partial charge is 0.243 e. The largest absolute Gasteiger partial charge is 0.497 e. The Bertz CT molecular complexity index is 1020. The highest BCUT2D eigenvalue weighted by molar-refractivity contribution is 7.89. The normalized spacial score (nSPS) is 18.0. The van der Waals surface area contributed by atoms with Crippen LogP contribution in [0.1, 0.15) is 44.7 Å². The monoisotopic (exact) mass is 474 g/mol. The van der Waals surface area contributed by atoms with Gasteiger partial charge in [-0.15, -0.1) is 0 Å². The number of hydrogen-bond acceptors (Lipinski definition) is 5. The minimum atomic E-state index is -3.68. The van der Waals surface area contributed by atoms with Gasteiger partial charge in [-0.25, -0.2) is 8.42 Å². The zero-order valence-electron chi connectivity index (χ0n) is 19.8. The van der Waals surface area contributed by atoms with E-state index in [9.17, 15) is 13.2 Å². The number of hydrogen-bond donors (Lipinski definition) is 1. The van der Waals surface area contributed by atoms with Gasteiger partial charge in [-0.05, 0) is 67.1 Å².